The number of carboxylic acids is 1. The lowest BCUT2D eigenvalue weighted by Gasteiger charge is -2.26. The van der Waals surface area contributed by atoms with Crippen LogP contribution < -0.4 is 0 Å². The van der Waals surface area contributed by atoms with Gasteiger partial charge in [0.2, 0.25) is 0 Å². The predicted octanol–water partition coefficient (Wildman–Crippen LogP) is 5.02. The van der Waals surface area contributed by atoms with Crippen LogP contribution in [0.3, 0.4) is 0 Å². The van der Waals surface area contributed by atoms with Crippen LogP contribution in [0.1, 0.15) is 84.0 Å². The SMILES string of the molecule is CCCCCCC#CCCC(C(=O)O)C1CCCCC1. The molecule has 20 heavy (non-hydrogen) atoms. The van der Waals surface area contributed by atoms with E-state index in [0.717, 1.165) is 32.1 Å². The van der Waals surface area contributed by atoms with Crippen LogP contribution in [0.25, 0.3) is 0 Å². The van der Waals surface area contributed by atoms with Crippen molar-refractivity contribution in [1.82, 2.24) is 0 Å². The molecule has 0 aliphatic heterocycles. The number of aliphatic carboxylic acids is 1. The maximum absolute atomic E-state index is 11.4. The Labute approximate surface area is 124 Å². The Morgan fingerprint density at radius 2 is 1.80 bits per heavy atom. The minimum absolute atomic E-state index is 0.162. The fourth-order valence-corrected chi connectivity index (χ4v) is 3.14. The average Bonchev–Trinajstić information content (AvgIpc) is 2.46. The van der Waals surface area contributed by atoms with Crippen molar-refractivity contribution in [2.24, 2.45) is 11.8 Å². The molecule has 0 saturated heterocycles. The topological polar surface area (TPSA) is 37.3 Å². The molecule has 0 aromatic rings. The summed E-state index contributed by atoms with van der Waals surface area (Å²) in [5.41, 5.74) is 0. The van der Waals surface area contributed by atoms with E-state index in [9.17, 15) is 9.90 Å². The van der Waals surface area contributed by atoms with Crippen molar-refractivity contribution in [3.8, 4) is 11.8 Å². The van der Waals surface area contributed by atoms with Crippen molar-refractivity contribution in [2.45, 2.75) is 84.0 Å². The van der Waals surface area contributed by atoms with E-state index in [1.54, 1.807) is 0 Å². The highest BCUT2D eigenvalue weighted by molar-refractivity contribution is 5.70. The minimum Gasteiger partial charge on any atom is -0.481 e. The van der Waals surface area contributed by atoms with E-state index < -0.39 is 5.97 Å². The molecule has 1 unspecified atom stereocenters. The molecule has 2 heteroatoms. The first-order chi connectivity index (χ1) is 9.75. The van der Waals surface area contributed by atoms with Crippen molar-refractivity contribution in [2.75, 3.05) is 0 Å². The molecule has 2 nitrogen and oxygen atoms in total. The van der Waals surface area contributed by atoms with Gasteiger partial charge in [-0.15, -0.1) is 11.8 Å². The first-order valence-electron chi connectivity index (χ1n) is 8.44. The van der Waals surface area contributed by atoms with Crippen LogP contribution in [-0.2, 0) is 4.79 Å². The lowest BCUT2D eigenvalue weighted by atomic mass is 9.78. The Hall–Kier alpha value is -0.970. The smallest absolute Gasteiger partial charge is 0.306 e. The van der Waals surface area contributed by atoms with Crippen LogP contribution in [-0.4, -0.2) is 11.1 Å². The van der Waals surface area contributed by atoms with Crippen molar-refractivity contribution < 1.29 is 9.90 Å². The largest absolute Gasteiger partial charge is 0.481 e. The van der Waals surface area contributed by atoms with E-state index in [4.69, 9.17) is 0 Å². The van der Waals surface area contributed by atoms with E-state index in [1.165, 1.54) is 44.9 Å². The summed E-state index contributed by atoms with van der Waals surface area (Å²) in [6.45, 7) is 2.21. The second-order valence-corrected chi connectivity index (χ2v) is 6.05. The van der Waals surface area contributed by atoms with Gasteiger partial charge in [-0.2, -0.15) is 0 Å². The van der Waals surface area contributed by atoms with Crippen LogP contribution in [0.5, 0.6) is 0 Å². The van der Waals surface area contributed by atoms with Crippen molar-refractivity contribution in [3.63, 3.8) is 0 Å². The number of rotatable bonds is 8. The second kappa shape index (κ2) is 10.8. The zero-order chi connectivity index (χ0) is 14.6. The summed E-state index contributed by atoms with van der Waals surface area (Å²) in [5, 5.41) is 9.38. The highest BCUT2D eigenvalue weighted by atomic mass is 16.4. The quantitative estimate of drug-likeness (QED) is 0.500. The normalized spacial score (nSPS) is 17.2. The summed E-state index contributed by atoms with van der Waals surface area (Å²) < 4.78 is 0. The molecule has 1 aliphatic rings. The molecule has 0 aromatic heterocycles. The number of hydrogen-bond donors (Lipinski definition) is 1. The third-order valence-electron chi connectivity index (χ3n) is 4.40. The van der Waals surface area contributed by atoms with E-state index >= 15 is 0 Å². The van der Waals surface area contributed by atoms with Gasteiger partial charge in [-0.25, -0.2) is 0 Å². The van der Waals surface area contributed by atoms with Crippen molar-refractivity contribution in [3.05, 3.63) is 0 Å². The fourth-order valence-electron chi connectivity index (χ4n) is 3.14. The number of unbranched alkanes of at least 4 members (excludes halogenated alkanes) is 4. The van der Waals surface area contributed by atoms with Gasteiger partial charge in [0, 0.05) is 12.8 Å². The Bertz CT molecular complexity index is 318. The van der Waals surface area contributed by atoms with Crippen molar-refractivity contribution in [1.29, 1.82) is 0 Å². The van der Waals surface area contributed by atoms with Gasteiger partial charge in [0.25, 0.3) is 0 Å². The highest BCUT2D eigenvalue weighted by Crippen LogP contribution is 2.32. The van der Waals surface area contributed by atoms with Gasteiger partial charge in [-0.05, 0) is 31.6 Å². The van der Waals surface area contributed by atoms with Crippen LogP contribution in [0.15, 0.2) is 0 Å². The average molecular weight is 278 g/mol. The maximum Gasteiger partial charge on any atom is 0.306 e. The van der Waals surface area contributed by atoms with E-state index in [0.29, 0.717) is 5.92 Å². The van der Waals surface area contributed by atoms with Gasteiger partial charge in [0.15, 0.2) is 0 Å². The standard InChI is InChI=1S/C18H30O2/c1-2-3-4-5-6-7-8-12-15-17(18(19)20)16-13-10-9-11-14-16/h16-17H,2-6,9-15H2,1H3,(H,19,20). The van der Waals surface area contributed by atoms with Gasteiger partial charge in [0.1, 0.15) is 0 Å². The lowest BCUT2D eigenvalue weighted by Crippen LogP contribution is -2.25. The predicted molar refractivity (Wildman–Crippen MR) is 83.5 cm³/mol. The molecule has 0 amide bonds. The molecule has 1 saturated carbocycles. The van der Waals surface area contributed by atoms with Crippen molar-refractivity contribution >= 4 is 5.97 Å². The molecule has 1 atom stereocenters. The molecule has 1 N–H and O–H groups in total. The molecule has 0 radical (unpaired) electrons. The highest BCUT2D eigenvalue weighted by Gasteiger charge is 2.28. The van der Waals surface area contributed by atoms with Gasteiger partial charge >= 0.3 is 5.97 Å². The molecular weight excluding hydrogens is 248 g/mol. The van der Waals surface area contributed by atoms with E-state index in [-0.39, 0.29) is 5.92 Å². The first kappa shape index (κ1) is 17.1. The molecule has 0 spiro atoms. The third kappa shape index (κ3) is 6.98. The van der Waals surface area contributed by atoms with Gasteiger partial charge < -0.3 is 5.11 Å². The monoisotopic (exact) mass is 278 g/mol. The second-order valence-electron chi connectivity index (χ2n) is 6.05. The summed E-state index contributed by atoms with van der Waals surface area (Å²) in [6.07, 6.45) is 13.4. The summed E-state index contributed by atoms with van der Waals surface area (Å²) in [6, 6.07) is 0. The van der Waals surface area contributed by atoms with Crippen LogP contribution in [0.2, 0.25) is 0 Å². The molecule has 0 heterocycles. The maximum atomic E-state index is 11.4. The summed E-state index contributed by atoms with van der Waals surface area (Å²) in [5.74, 6) is 6.00. The molecule has 1 rings (SSSR count). The lowest BCUT2D eigenvalue weighted by molar-refractivity contribution is -0.144. The van der Waals surface area contributed by atoms with E-state index in [1.807, 2.05) is 0 Å². The first-order valence-corrected chi connectivity index (χ1v) is 8.44. The Balaban J connectivity index is 2.22. The summed E-state index contributed by atoms with van der Waals surface area (Å²) in [7, 11) is 0. The number of carbonyl (C=O) groups is 1. The van der Waals surface area contributed by atoms with Crippen LogP contribution >= 0.6 is 0 Å². The Kier molecular flexibility index (Phi) is 9.20. The molecule has 114 valence electrons. The number of carboxylic acid groups (broad SMARTS) is 1. The molecule has 1 aliphatic carbocycles. The van der Waals surface area contributed by atoms with E-state index in [2.05, 4.69) is 18.8 Å². The van der Waals surface area contributed by atoms with Crippen LogP contribution in [0, 0.1) is 23.7 Å². The number of hydrogen-bond acceptors (Lipinski definition) is 1. The zero-order valence-corrected chi connectivity index (χ0v) is 13.0. The Morgan fingerprint density at radius 1 is 1.10 bits per heavy atom. The third-order valence-corrected chi connectivity index (χ3v) is 4.40. The zero-order valence-electron chi connectivity index (χ0n) is 13.0. The van der Waals surface area contributed by atoms with Gasteiger partial charge in [0.05, 0.1) is 5.92 Å². The van der Waals surface area contributed by atoms with Crippen LogP contribution in [0.4, 0.5) is 0 Å². The minimum atomic E-state index is -0.610. The molecule has 1 fully saturated rings. The van der Waals surface area contributed by atoms with Gasteiger partial charge in [-0.3, -0.25) is 4.79 Å². The molecular formula is C18H30O2. The summed E-state index contributed by atoms with van der Waals surface area (Å²) in [4.78, 5) is 11.4. The molecule has 0 bridgehead atoms. The Morgan fingerprint density at radius 3 is 2.45 bits per heavy atom. The van der Waals surface area contributed by atoms with Gasteiger partial charge in [-0.1, -0.05) is 45.4 Å². The molecule has 0 aromatic carbocycles. The summed E-state index contributed by atoms with van der Waals surface area (Å²) >= 11 is 0. The fraction of sp³-hybridized carbons (Fsp3) is 0.833.